The molecule has 6 heteroatoms. The number of nitrogens with zero attached hydrogens (tertiary/aromatic N) is 3. The summed E-state index contributed by atoms with van der Waals surface area (Å²) in [6.07, 6.45) is 1.63. The van der Waals surface area contributed by atoms with Gasteiger partial charge in [0.1, 0.15) is 16.5 Å². The van der Waals surface area contributed by atoms with E-state index in [-0.39, 0.29) is 10.7 Å². The van der Waals surface area contributed by atoms with E-state index in [1.54, 1.807) is 23.8 Å². The Balaban J connectivity index is 2.34. The van der Waals surface area contributed by atoms with Gasteiger partial charge in [-0.3, -0.25) is 4.98 Å². The summed E-state index contributed by atoms with van der Waals surface area (Å²) in [7, 11) is 0. The summed E-state index contributed by atoms with van der Waals surface area (Å²) in [4.78, 5) is 13.0. The molecule has 0 aliphatic carbocycles. The Kier molecular flexibility index (Phi) is 2.49. The maximum Gasteiger partial charge on any atom is 0.173 e. The fourth-order valence-electron chi connectivity index (χ4n) is 1.52. The van der Waals surface area contributed by atoms with Gasteiger partial charge in [-0.1, -0.05) is 17.7 Å². The van der Waals surface area contributed by atoms with Crippen LogP contribution in [0.25, 0.3) is 21.6 Å². The summed E-state index contributed by atoms with van der Waals surface area (Å²) >= 11 is 7.40. The number of aromatic nitrogens is 3. The van der Waals surface area contributed by atoms with Crippen LogP contribution in [0.4, 0.5) is 4.39 Å². The Morgan fingerprint density at radius 3 is 2.88 bits per heavy atom. The molecule has 17 heavy (non-hydrogen) atoms. The van der Waals surface area contributed by atoms with Crippen LogP contribution in [0.5, 0.6) is 0 Å². The molecule has 0 N–H and O–H groups in total. The maximum atomic E-state index is 13.6. The summed E-state index contributed by atoms with van der Waals surface area (Å²) in [5, 5.41) is 0.762. The number of benzene rings is 1. The molecule has 0 spiro atoms. The molecule has 0 amide bonds. The van der Waals surface area contributed by atoms with Crippen molar-refractivity contribution < 1.29 is 4.39 Å². The van der Waals surface area contributed by atoms with E-state index in [0.717, 1.165) is 4.88 Å². The van der Waals surface area contributed by atoms with E-state index in [1.807, 2.05) is 0 Å². The van der Waals surface area contributed by atoms with E-state index in [2.05, 4.69) is 15.0 Å². The van der Waals surface area contributed by atoms with Crippen LogP contribution in [0, 0.1) is 5.82 Å². The fourth-order valence-corrected chi connectivity index (χ4v) is 2.30. The average molecular weight is 266 g/mol. The Hall–Kier alpha value is -1.59. The number of hydrogen-bond acceptors (Lipinski definition) is 4. The van der Waals surface area contributed by atoms with Gasteiger partial charge in [0.2, 0.25) is 0 Å². The number of para-hydroxylation sites is 1. The smallest absolute Gasteiger partial charge is 0.173 e. The van der Waals surface area contributed by atoms with Crippen LogP contribution < -0.4 is 0 Å². The highest BCUT2D eigenvalue weighted by molar-refractivity contribution is 7.13. The van der Waals surface area contributed by atoms with Gasteiger partial charge in [0.25, 0.3) is 0 Å². The minimum absolute atomic E-state index is 0.232. The molecule has 0 bridgehead atoms. The van der Waals surface area contributed by atoms with Gasteiger partial charge in [-0.2, -0.15) is 0 Å². The molecule has 0 aliphatic heterocycles. The number of halogens is 2. The van der Waals surface area contributed by atoms with Crippen molar-refractivity contribution in [1.82, 2.24) is 15.0 Å². The van der Waals surface area contributed by atoms with Crippen LogP contribution in [-0.2, 0) is 0 Å². The summed E-state index contributed by atoms with van der Waals surface area (Å²) in [5.74, 6) is -0.00679. The van der Waals surface area contributed by atoms with Crippen LogP contribution in [0.2, 0.25) is 5.15 Å². The molecule has 0 saturated heterocycles. The quantitative estimate of drug-likeness (QED) is 0.632. The van der Waals surface area contributed by atoms with Crippen LogP contribution in [0.3, 0.4) is 0 Å². The van der Waals surface area contributed by atoms with E-state index in [0.29, 0.717) is 11.2 Å². The van der Waals surface area contributed by atoms with Crippen molar-refractivity contribution >= 4 is 33.8 Å². The highest BCUT2D eigenvalue weighted by atomic mass is 35.5. The summed E-state index contributed by atoms with van der Waals surface area (Å²) < 4.78 is 13.6. The predicted molar refractivity (Wildman–Crippen MR) is 65.6 cm³/mol. The second-order valence-corrected chi connectivity index (χ2v) is 4.58. The standard InChI is InChI=1S/C11H5ClFN3S/c12-10-6-2-1-3-7(13)9(6)15-11(16-10)8-4-14-5-17-8/h1-5H. The molecule has 2 heterocycles. The van der Waals surface area contributed by atoms with E-state index in [1.165, 1.54) is 17.4 Å². The molecule has 1 aromatic carbocycles. The van der Waals surface area contributed by atoms with Gasteiger partial charge in [-0.25, -0.2) is 14.4 Å². The second kappa shape index (κ2) is 4.01. The third-order valence-electron chi connectivity index (χ3n) is 2.28. The summed E-state index contributed by atoms with van der Waals surface area (Å²) in [6.45, 7) is 0. The lowest BCUT2D eigenvalue weighted by Crippen LogP contribution is -1.92. The monoisotopic (exact) mass is 265 g/mol. The zero-order chi connectivity index (χ0) is 11.8. The minimum Gasteiger partial charge on any atom is -0.252 e. The second-order valence-electron chi connectivity index (χ2n) is 3.34. The lowest BCUT2D eigenvalue weighted by Gasteiger charge is -2.03. The third kappa shape index (κ3) is 1.77. The Morgan fingerprint density at radius 2 is 2.12 bits per heavy atom. The van der Waals surface area contributed by atoms with Gasteiger partial charge in [0, 0.05) is 11.6 Å². The molecule has 0 unspecified atom stereocenters. The highest BCUT2D eigenvalue weighted by Crippen LogP contribution is 2.27. The fraction of sp³-hybridized carbons (Fsp3) is 0. The first-order valence-electron chi connectivity index (χ1n) is 4.76. The lowest BCUT2D eigenvalue weighted by atomic mass is 10.2. The van der Waals surface area contributed by atoms with Crippen molar-refractivity contribution in [3.63, 3.8) is 0 Å². The van der Waals surface area contributed by atoms with Gasteiger partial charge in [0.15, 0.2) is 5.82 Å². The Morgan fingerprint density at radius 1 is 1.24 bits per heavy atom. The zero-order valence-corrected chi connectivity index (χ0v) is 9.96. The van der Waals surface area contributed by atoms with Crippen LogP contribution in [0.15, 0.2) is 29.9 Å². The van der Waals surface area contributed by atoms with Gasteiger partial charge >= 0.3 is 0 Å². The first kappa shape index (κ1) is 10.6. The largest absolute Gasteiger partial charge is 0.252 e. The molecule has 0 radical (unpaired) electrons. The molecular weight excluding hydrogens is 261 g/mol. The minimum atomic E-state index is -0.405. The molecule has 0 atom stereocenters. The molecule has 2 aromatic heterocycles. The van der Waals surface area contributed by atoms with Crippen molar-refractivity contribution in [2.24, 2.45) is 0 Å². The van der Waals surface area contributed by atoms with Gasteiger partial charge < -0.3 is 0 Å². The van der Waals surface area contributed by atoms with E-state index < -0.39 is 5.82 Å². The van der Waals surface area contributed by atoms with Gasteiger partial charge in [-0.05, 0) is 12.1 Å². The molecule has 0 saturated carbocycles. The Labute approximate surface area is 105 Å². The van der Waals surface area contributed by atoms with Gasteiger partial charge in [-0.15, -0.1) is 11.3 Å². The molecule has 3 aromatic rings. The normalized spacial score (nSPS) is 10.9. The summed E-state index contributed by atoms with van der Waals surface area (Å²) in [5.41, 5.74) is 1.90. The number of fused-ring (bicyclic) bond motifs is 1. The predicted octanol–water partition coefficient (Wildman–Crippen LogP) is 3.55. The van der Waals surface area contributed by atoms with Crippen LogP contribution in [-0.4, -0.2) is 15.0 Å². The van der Waals surface area contributed by atoms with E-state index in [4.69, 9.17) is 11.6 Å². The third-order valence-corrected chi connectivity index (χ3v) is 3.34. The van der Waals surface area contributed by atoms with Crippen LogP contribution >= 0.6 is 22.9 Å². The van der Waals surface area contributed by atoms with Gasteiger partial charge in [0.05, 0.1) is 10.4 Å². The SMILES string of the molecule is Fc1cccc2c(Cl)nc(-c3cncs3)nc12. The average Bonchev–Trinajstić information content (AvgIpc) is 2.84. The first-order valence-corrected chi connectivity index (χ1v) is 6.02. The molecule has 3 nitrogen and oxygen atoms in total. The van der Waals surface area contributed by atoms with Crippen molar-refractivity contribution in [1.29, 1.82) is 0 Å². The molecular formula is C11H5ClFN3S. The molecule has 3 rings (SSSR count). The Bertz CT molecular complexity index is 684. The topological polar surface area (TPSA) is 38.7 Å². The maximum absolute atomic E-state index is 13.6. The van der Waals surface area contributed by atoms with E-state index in [9.17, 15) is 4.39 Å². The number of hydrogen-bond donors (Lipinski definition) is 0. The highest BCUT2D eigenvalue weighted by Gasteiger charge is 2.11. The first-order chi connectivity index (χ1) is 8.25. The number of thiazole rings is 1. The molecule has 84 valence electrons. The van der Waals surface area contributed by atoms with Crippen LogP contribution in [0.1, 0.15) is 0 Å². The van der Waals surface area contributed by atoms with Crippen molar-refractivity contribution in [2.75, 3.05) is 0 Å². The van der Waals surface area contributed by atoms with Crippen molar-refractivity contribution in [3.05, 3.63) is 40.9 Å². The zero-order valence-electron chi connectivity index (χ0n) is 8.39. The lowest BCUT2D eigenvalue weighted by molar-refractivity contribution is 0.636. The van der Waals surface area contributed by atoms with Crippen molar-refractivity contribution in [2.45, 2.75) is 0 Å². The molecule has 0 aliphatic rings. The summed E-state index contributed by atoms with van der Waals surface area (Å²) in [6, 6.07) is 4.62. The van der Waals surface area contributed by atoms with Crippen molar-refractivity contribution in [3.8, 4) is 10.7 Å². The van der Waals surface area contributed by atoms with E-state index >= 15 is 0 Å². The molecule has 0 fully saturated rings. The number of rotatable bonds is 1.